The highest BCUT2D eigenvalue weighted by atomic mass is 127. The smallest absolute Gasteiger partial charge is 0.261 e. The van der Waals surface area contributed by atoms with Crippen LogP contribution in [-0.2, 0) is 4.79 Å². The van der Waals surface area contributed by atoms with Gasteiger partial charge in [-0.2, -0.15) is 0 Å². The van der Waals surface area contributed by atoms with Crippen molar-refractivity contribution in [3.63, 3.8) is 0 Å². The summed E-state index contributed by atoms with van der Waals surface area (Å²) < 4.78 is 6.52. The molecule has 0 aliphatic heterocycles. The number of nitrogen functional groups attached to an aromatic ring is 1. The number of rotatable bonds is 10. The molecule has 5 rings (SSSR count). The van der Waals surface area contributed by atoms with Crippen molar-refractivity contribution < 1.29 is 19.8 Å². The molecular weight excluding hydrogens is 583 g/mol. The predicted molar refractivity (Wildman–Crippen MR) is 154 cm³/mol. The fourth-order valence-electron chi connectivity index (χ4n) is 4.87. The van der Waals surface area contributed by atoms with E-state index in [4.69, 9.17) is 20.7 Å². The van der Waals surface area contributed by atoms with Gasteiger partial charge in [-0.05, 0) is 111 Å². The first kappa shape index (κ1) is 26.2. The lowest BCUT2D eigenvalue weighted by molar-refractivity contribution is -0.112. The molecule has 37 heavy (non-hydrogen) atoms. The van der Waals surface area contributed by atoms with E-state index in [0.29, 0.717) is 38.3 Å². The van der Waals surface area contributed by atoms with Gasteiger partial charge < -0.3 is 26.1 Å². The molecule has 198 valence electrons. The van der Waals surface area contributed by atoms with Gasteiger partial charge in [0, 0.05) is 29.4 Å². The molecule has 0 spiro atoms. The lowest BCUT2D eigenvalue weighted by Crippen LogP contribution is -2.37. The fourth-order valence-corrected chi connectivity index (χ4v) is 5.21. The van der Waals surface area contributed by atoms with E-state index >= 15 is 0 Å². The number of nitrogens with two attached hydrogens (primary N) is 1. The number of benzene rings is 1. The second kappa shape index (κ2) is 11.1. The van der Waals surface area contributed by atoms with E-state index in [1.165, 1.54) is 0 Å². The van der Waals surface area contributed by atoms with Crippen LogP contribution in [0.2, 0.25) is 0 Å². The quantitative estimate of drug-likeness (QED) is 0.0534. The third kappa shape index (κ3) is 6.93. The third-order valence-electron chi connectivity index (χ3n) is 7.67. The maximum Gasteiger partial charge on any atom is 0.261 e. The number of aliphatic imine (C=N–C) groups is 1. The number of anilines is 2. The zero-order valence-electron chi connectivity index (χ0n) is 20.9. The van der Waals surface area contributed by atoms with Gasteiger partial charge in [0.25, 0.3) is 5.91 Å². The highest BCUT2D eigenvalue weighted by Gasteiger charge is 2.45. The SMILES string of the molecule is Nc1cc(OC2CC2)c(NC(=O)/C(I)=C/C=C\C(=N\O)C2CC2)cc1C=NC1CCC(O)(C2CC2)CC1. The van der Waals surface area contributed by atoms with E-state index in [2.05, 4.69) is 10.5 Å². The minimum Gasteiger partial charge on any atom is -0.488 e. The lowest BCUT2D eigenvalue weighted by Gasteiger charge is -2.35. The average Bonchev–Trinajstić information content (AvgIpc) is 3.72. The molecule has 8 nitrogen and oxygen atoms in total. The van der Waals surface area contributed by atoms with Gasteiger partial charge in [-0.15, -0.1) is 0 Å². The number of amides is 1. The third-order valence-corrected chi connectivity index (χ3v) is 8.52. The van der Waals surface area contributed by atoms with Crippen molar-refractivity contribution in [2.24, 2.45) is 22.0 Å². The van der Waals surface area contributed by atoms with Gasteiger partial charge in [0.05, 0.1) is 32.7 Å². The van der Waals surface area contributed by atoms with Crippen molar-refractivity contribution in [1.82, 2.24) is 0 Å². The lowest BCUT2D eigenvalue weighted by atomic mass is 9.79. The minimum absolute atomic E-state index is 0.151. The van der Waals surface area contributed by atoms with Gasteiger partial charge in [-0.25, -0.2) is 0 Å². The molecule has 1 aromatic rings. The van der Waals surface area contributed by atoms with Crippen molar-refractivity contribution in [1.29, 1.82) is 0 Å². The van der Waals surface area contributed by atoms with Gasteiger partial charge in [0.15, 0.2) is 0 Å². The number of nitrogens with zero attached hydrogens (tertiary/aromatic N) is 2. The number of oxime groups is 1. The molecule has 4 fully saturated rings. The molecule has 9 heteroatoms. The van der Waals surface area contributed by atoms with Gasteiger partial charge in [0.2, 0.25) is 0 Å². The molecule has 0 radical (unpaired) electrons. The largest absolute Gasteiger partial charge is 0.488 e. The molecule has 0 saturated heterocycles. The topological polar surface area (TPSA) is 130 Å². The van der Waals surface area contributed by atoms with Crippen LogP contribution in [0.3, 0.4) is 0 Å². The van der Waals surface area contributed by atoms with Crippen molar-refractivity contribution in [3.05, 3.63) is 39.5 Å². The maximum absolute atomic E-state index is 12.9. The zero-order valence-corrected chi connectivity index (χ0v) is 23.1. The Morgan fingerprint density at radius 3 is 2.49 bits per heavy atom. The van der Waals surface area contributed by atoms with E-state index in [0.717, 1.165) is 69.8 Å². The van der Waals surface area contributed by atoms with Crippen molar-refractivity contribution in [3.8, 4) is 5.75 Å². The first-order valence-electron chi connectivity index (χ1n) is 13.3. The van der Waals surface area contributed by atoms with Crippen LogP contribution in [0.5, 0.6) is 5.75 Å². The van der Waals surface area contributed by atoms with Gasteiger partial charge in [0.1, 0.15) is 5.75 Å². The number of aliphatic hydroxyl groups is 1. The van der Waals surface area contributed by atoms with Crippen LogP contribution in [0, 0.1) is 11.8 Å². The Balaban J connectivity index is 1.27. The first-order chi connectivity index (χ1) is 17.8. The number of halogens is 1. The summed E-state index contributed by atoms with van der Waals surface area (Å²) in [7, 11) is 0. The highest BCUT2D eigenvalue weighted by Crippen LogP contribution is 2.47. The fraction of sp³-hybridized carbons (Fsp3) is 0.536. The summed E-state index contributed by atoms with van der Waals surface area (Å²) in [5.41, 5.74) is 8.32. The standard InChI is InChI=1S/C28H35IN4O4/c29-22(2-1-3-24(33-36)17-4-5-17)27(34)32-25-14-18(23(30)15-26(25)37-21-8-9-21)16-31-20-10-12-28(35,13-11-20)19-6-7-19/h1-3,14-17,19-21,35-36H,4-13,30H2,(H,32,34)/b3-1-,22-2-,31-16?,33-24-. The summed E-state index contributed by atoms with van der Waals surface area (Å²) in [6.07, 6.45) is 16.8. The van der Waals surface area contributed by atoms with Crippen LogP contribution in [0.25, 0.3) is 0 Å². The van der Waals surface area contributed by atoms with E-state index in [-0.39, 0.29) is 18.1 Å². The van der Waals surface area contributed by atoms with Crippen molar-refractivity contribution in [2.75, 3.05) is 11.1 Å². The van der Waals surface area contributed by atoms with E-state index in [1.54, 1.807) is 30.5 Å². The van der Waals surface area contributed by atoms with Crippen molar-refractivity contribution >= 4 is 51.8 Å². The Kier molecular flexibility index (Phi) is 7.90. The maximum atomic E-state index is 12.9. The van der Waals surface area contributed by atoms with Crippen LogP contribution in [0.4, 0.5) is 11.4 Å². The monoisotopic (exact) mass is 618 g/mol. The Hall–Kier alpha value is -2.40. The number of allylic oxidation sites excluding steroid dienone is 3. The number of ether oxygens (including phenoxy) is 1. The summed E-state index contributed by atoms with van der Waals surface area (Å²) in [6, 6.07) is 3.75. The zero-order chi connectivity index (χ0) is 26.0. The Labute approximate surface area is 231 Å². The molecule has 4 aliphatic rings. The molecule has 1 aromatic carbocycles. The summed E-state index contributed by atoms with van der Waals surface area (Å²) >= 11 is 1.99. The second-order valence-corrected chi connectivity index (χ2v) is 12.0. The molecule has 4 saturated carbocycles. The van der Waals surface area contributed by atoms with Crippen LogP contribution in [-0.4, -0.2) is 45.9 Å². The second-order valence-electron chi connectivity index (χ2n) is 10.8. The molecule has 0 heterocycles. The number of hydrogen-bond donors (Lipinski definition) is 4. The Bertz CT molecular complexity index is 1140. The minimum atomic E-state index is -0.492. The molecule has 0 bridgehead atoms. The molecule has 0 unspecified atom stereocenters. The summed E-state index contributed by atoms with van der Waals surface area (Å²) in [5.74, 6) is 1.09. The predicted octanol–water partition coefficient (Wildman–Crippen LogP) is 5.37. The molecular formula is C28H35IN4O4. The average molecular weight is 619 g/mol. The van der Waals surface area contributed by atoms with E-state index in [9.17, 15) is 9.90 Å². The summed E-state index contributed by atoms with van der Waals surface area (Å²) in [4.78, 5) is 17.7. The number of nitrogens with one attached hydrogen (secondary N) is 1. The molecule has 0 atom stereocenters. The number of carbonyl (C=O) groups is 1. The summed E-state index contributed by atoms with van der Waals surface area (Å²) in [5, 5.41) is 26.2. The van der Waals surface area contributed by atoms with Crippen LogP contribution >= 0.6 is 22.6 Å². The van der Waals surface area contributed by atoms with Crippen LogP contribution in [0.15, 0.2) is 44.1 Å². The molecule has 1 amide bonds. The Morgan fingerprint density at radius 2 is 1.86 bits per heavy atom. The number of hydrogen-bond acceptors (Lipinski definition) is 7. The van der Waals surface area contributed by atoms with E-state index < -0.39 is 5.60 Å². The van der Waals surface area contributed by atoms with Gasteiger partial charge in [-0.1, -0.05) is 11.2 Å². The number of carbonyl (C=O) groups excluding carboxylic acids is 1. The van der Waals surface area contributed by atoms with Gasteiger partial charge in [-0.3, -0.25) is 9.79 Å². The highest BCUT2D eigenvalue weighted by molar-refractivity contribution is 14.1. The van der Waals surface area contributed by atoms with Gasteiger partial charge >= 0.3 is 0 Å². The normalized spacial score (nSPS) is 27.1. The Morgan fingerprint density at radius 1 is 1.14 bits per heavy atom. The van der Waals surface area contributed by atoms with Crippen LogP contribution < -0.4 is 15.8 Å². The molecule has 5 N–H and O–H groups in total. The van der Waals surface area contributed by atoms with Crippen LogP contribution in [0.1, 0.15) is 69.8 Å². The molecule has 4 aliphatic carbocycles. The molecule has 0 aromatic heterocycles. The first-order valence-corrected chi connectivity index (χ1v) is 14.4. The summed E-state index contributed by atoms with van der Waals surface area (Å²) in [6.45, 7) is 0. The van der Waals surface area contributed by atoms with Crippen molar-refractivity contribution in [2.45, 2.75) is 82.0 Å². The van der Waals surface area contributed by atoms with E-state index in [1.807, 2.05) is 28.7 Å².